The molecule has 5 nitrogen and oxygen atoms in total. The van der Waals surface area contributed by atoms with Gasteiger partial charge in [0.05, 0.1) is 21.3 Å². The minimum absolute atomic E-state index is 0.456. The Morgan fingerprint density at radius 1 is 1.17 bits per heavy atom. The molecule has 1 aromatic carbocycles. The van der Waals surface area contributed by atoms with E-state index in [4.69, 9.17) is 9.47 Å². The zero-order valence-corrected chi connectivity index (χ0v) is 11.2. The minimum atomic E-state index is -1.33. The van der Waals surface area contributed by atoms with Crippen LogP contribution < -0.4 is 9.47 Å². The molecular weight excluding hydrogens is 236 g/mol. The van der Waals surface area contributed by atoms with Gasteiger partial charge in [0.15, 0.2) is 17.6 Å². The molecule has 0 bridgehead atoms. The van der Waals surface area contributed by atoms with Crippen LogP contribution in [0.15, 0.2) is 6.07 Å². The number of ether oxygens (including phenoxy) is 3. The molecule has 0 radical (unpaired) electrons. The van der Waals surface area contributed by atoms with E-state index in [0.29, 0.717) is 22.6 Å². The molecule has 1 atom stereocenters. The summed E-state index contributed by atoms with van der Waals surface area (Å²) >= 11 is 0. The first-order valence-electron chi connectivity index (χ1n) is 5.45. The lowest BCUT2D eigenvalue weighted by molar-refractivity contribution is -0.150. The van der Waals surface area contributed by atoms with Gasteiger partial charge in [-0.2, -0.15) is 0 Å². The second-order valence-electron chi connectivity index (χ2n) is 3.90. The first kappa shape index (κ1) is 14.3. The van der Waals surface area contributed by atoms with Crippen molar-refractivity contribution in [2.45, 2.75) is 20.0 Å². The van der Waals surface area contributed by atoms with Crippen LogP contribution >= 0.6 is 0 Å². The number of benzene rings is 1. The molecule has 0 heterocycles. The van der Waals surface area contributed by atoms with Gasteiger partial charge in [-0.15, -0.1) is 0 Å². The summed E-state index contributed by atoms with van der Waals surface area (Å²) in [6, 6.07) is 1.69. The summed E-state index contributed by atoms with van der Waals surface area (Å²) in [6.07, 6.45) is -1.33. The zero-order valence-electron chi connectivity index (χ0n) is 11.2. The highest BCUT2D eigenvalue weighted by molar-refractivity contribution is 5.77. The monoisotopic (exact) mass is 254 g/mol. The molecule has 0 aliphatic carbocycles. The van der Waals surface area contributed by atoms with E-state index < -0.39 is 12.1 Å². The second kappa shape index (κ2) is 5.73. The number of carbonyl (C=O) groups excluding carboxylic acids is 1. The number of hydrogen-bond acceptors (Lipinski definition) is 5. The largest absolute Gasteiger partial charge is 0.493 e. The maximum atomic E-state index is 11.4. The molecule has 1 N–H and O–H groups in total. The second-order valence-corrected chi connectivity index (χ2v) is 3.90. The lowest BCUT2D eigenvalue weighted by Gasteiger charge is -2.18. The average Bonchev–Trinajstić information content (AvgIpc) is 2.38. The van der Waals surface area contributed by atoms with Crippen molar-refractivity contribution < 1.29 is 24.1 Å². The Bertz CT molecular complexity index is 453. The normalized spacial score (nSPS) is 11.9. The molecule has 0 aromatic heterocycles. The van der Waals surface area contributed by atoms with E-state index in [1.807, 2.05) is 6.92 Å². The lowest BCUT2D eigenvalue weighted by Crippen LogP contribution is -2.15. The highest BCUT2D eigenvalue weighted by Crippen LogP contribution is 2.38. The van der Waals surface area contributed by atoms with Crippen molar-refractivity contribution in [1.82, 2.24) is 0 Å². The molecular formula is C13H18O5. The summed E-state index contributed by atoms with van der Waals surface area (Å²) in [5.74, 6) is 0.399. The van der Waals surface area contributed by atoms with Crippen LogP contribution in [0.2, 0.25) is 0 Å². The van der Waals surface area contributed by atoms with Crippen molar-refractivity contribution in [3.63, 3.8) is 0 Å². The molecule has 0 spiro atoms. The first-order chi connectivity index (χ1) is 8.47. The maximum Gasteiger partial charge on any atom is 0.339 e. The fourth-order valence-electron chi connectivity index (χ4n) is 1.91. The summed E-state index contributed by atoms with van der Waals surface area (Å²) < 4.78 is 15.0. The van der Waals surface area contributed by atoms with E-state index in [-0.39, 0.29) is 0 Å². The van der Waals surface area contributed by atoms with E-state index in [1.165, 1.54) is 14.2 Å². The van der Waals surface area contributed by atoms with Crippen molar-refractivity contribution in [2.75, 3.05) is 21.3 Å². The van der Waals surface area contributed by atoms with Gasteiger partial charge in [0.25, 0.3) is 0 Å². The fourth-order valence-corrected chi connectivity index (χ4v) is 1.91. The molecule has 0 saturated heterocycles. The van der Waals surface area contributed by atoms with Crippen LogP contribution in [0.5, 0.6) is 11.5 Å². The van der Waals surface area contributed by atoms with Gasteiger partial charge < -0.3 is 19.3 Å². The Labute approximate surface area is 106 Å². The number of rotatable bonds is 4. The van der Waals surface area contributed by atoms with E-state index in [2.05, 4.69) is 4.74 Å². The number of hydrogen-bond donors (Lipinski definition) is 1. The Morgan fingerprint density at radius 3 is 2.17 bits per heavy atom. The van der Waals surface area contributed by atoms with Gasteiger partial charge in [0.2, 0.25) is 0 Å². The summed E-state index contributed by atoms with van der Waals surface area (Å²) in [6.45, 7) is 3.57. The molecule has 18 heavy (non-hydrogen) atoms. The molecule has 1 rings (SSSR count). The average molecular weight is 254 g/mol. The van der Waals surface area contributed by atoms with Crippen LogP contribution in [-0.2, 0) is 9.53 Å². The van der Waals surface area contributed by atoms with E-state index >= 15 is 0 Å². The van der Waals surface area contributed by atoms with Crippen LogP contribution in [0, 0.1) is 13.8 Å². The van der Waals surface area contributed by atoms with Crippen LogP contribution in [0.1, 0.15) is 22.8 Å². The number of aliphatic hydroxyl groups excluding tert-OH is 1. The molecule has 100 valence electrons. The number of esters is 1. The molecule has 1 unspecified atom stereocenters. The smallest absolute Gasteiger partial charge is 0.339 e. The third kappa shape index (κ3) is 2.41. The van der Waals surface area contributed by atoms with Gasteiger partial charge in [0.1, 0.15) is 0 Å². The SMILES string of the molecule is COC(=O)C(O)c1cc(C)c(OC)c(OC)c1C. The summed E-state index contributed by atoms with van der Waals surface area (Å²) in [5, 5.41) is 9.91. The molecule has 0 aliphatic heterocycles. The summed E-state index contributed by atoms with van der Waals surface area (Å²) in [7, 11) is 4.29. The molecule has 0 fully saturated rings. The van der Waals surface area contributed by atoms with Gasteiger partial charge in [-0.05, 0) is 31.0 Å². The molecule has 0 aliphatic rings. The third-order valence-corrected chi connectivity index (χ3v) is 2.84. The van der Waals surface area contributed by atoms with Crippen molar-refractivity contribution in [3.8, 4) is 11.5 Å². The van der Waals surface area contributed by atoms with Crippen LogP contribution in [0.3, 0.4) is 0 Å². The quantitative estimate of drug-likeness (QED) is 0.825. The summed E-state index contributed by atoms with van der Waals surface area (Å²) in [4.78, 5) is 11.4. The number of carbonyl (C=O) groups is 1. The van der Waals surface area contributed by atoms with Crippen molar-refractivity contribution in [2.24, 2.45) is 0 Å². The highest BCUT2D eigenvalue weighted by atomic mass is 16.5. The van der Waals surface area contributed by atoms with Gasteiger partial charge in [-0.25, -0.2) is 4.79 Å². The van der Waals surface area contributed by atoms with E-state index in [1.54, 1.807) is 20.1 Å². The van der Waals surface area contributed by atoms with Gasteiger partial charge in [-0.1, -0.05) is 0 Å². The predicted molar refractivity (Wildman–Crippen MR) is 66.0 cm³/mol. The molecule has 1 aromatic rings. The first-order valence-corrected chi connectivity index (χ1v) is 5.45. The van der Waals surface area contributed by atoms with Gasteiger partial charge in [-0.3, -0.25) is 0 Å². The zero-order chi connectivity index (χ0) is 13.9. The number of methoxy groups -OCH3 is 3. The Morgan fingerprint density at radius 2 is 1.72 bits per heavy atom. The molecule has 5 heteroatoms. The standard InChI is InChI=1S/C13H18O5/c1-7-6-9(10(14)13(15)18-5)8(2)12(17-4)11(7)16-3/h6,10,14H,1-5H3. The maximum absolute atomic E-state index is 11.4. The van der Waals surface area contributed by atoms with Crippen LogP contribution in [-0.4, -0.2) is 32.4 Å². The highest BCUT2D eigenvalue weighted by Gasteiger charge is 2.24. The third-order valence-electron chi connectivity index (χ3n) is 2.84. The van der Waals surface area contributed by atoms with E-state index in [0.717, 1.165) is 5.56 Å². The summed E-state index contributed by atoms with van der Waals surface area (Å²) in [5.41, 5.74) is 1.88. The van der Waals surface area contributed by atoms with Gasteiger partial charge >= 0.3 is 5.97 Å². The molecule has 0 amide bonds. The van der Waals surface area contributed by atoms with Crippen LogP contribution in [0.4, 0.5) is 0 Å². The fraction of sp³-hybridized carbons (Fsp3) is 0.462. The van der Waals surface area contributed by atoms with Crippen molar-refractivity contribution >= 4 is 5.97 Å². The van der Waals surface area contributed by atoms with Gasteiger partial charge in [0, 0.05) is 5.56 Å². The lowest BCUT2D eigenvalue weighted by atomic mass is 9.98. The Hall–Kier alpha value is -1.75. The topological polar surface area (TPSA) is 65.0 Å². The van der Waals surface area contributed by atoms with E-state index in [9.17, 15) is 9.90 Å². The Kier molecular flexibility index (Phi) is 4.55. The number of aliphatic hydroxyl groups is 1. The van der Waals surface area contributed by atoms with Crippen molar-refractivity contribution in [3.05, 3.63) is 22.8 Å². The van der Waals surface area contributed by atoms with Crippen molar-refractivity contribution in [1.29, 1.82) is 0 Å². The Balaban J connectivity index is 3.39. The predicted octanol–water partition coefficient (Wildman–Crippen LogP) is 1.53. The number of aryl methyl sites for hydroxylation is 1. The molecule has 0 saturated carbocycles. The van der Waals surface area contributed by atoms with Crippen LogP contribution in [0.25, 0.3) is 0 Å². The minimum Gasteiger partial charge on any atom is -0.493 e.